The van der Waals surface area contributed by atoms with Crippen molar-refractivity contribution in [2.75, 3.05) is 18.9 Å². The number of aromatic nitrogens is 6. The molecule has 33 heavy (non-hydrogen) atoms. The van der Waals surface area contributed by atoms with Crippen molar-refractivity contribution in [3.63, 3.8) is 0 Å². The van der Waals surface area contributed by atoms with Crippen LogP contribution in [0.1, 0.15) is 24.0 Å². The molecule has 3 aromatic heterocycles. The Bertz CT molecular complexity index is 1200. The fraction of sp³-hybridized carbons (Fsp3) is 0.318. The minimum Gasteiger partial charge on any atom is -0.494 e. The molecule has 1 aromatic carbocycles. The van der Waals surface area contributed by atoms with Gasteiger partial charge in [-0.1, -0.05) is 13.0 Å². The third-order valence-electron chi connectivity index (χ3n) is 4.75. The molecule has 0 radical (unpaired) electrons. The molecule has 0 aliphatic rings. The van der Waals surface area contributed by atoms with Gasteiger partial charge in [0, 0.05) is 35.1 Å². The highest BCUT2D eigenvalue weighted by atomic mass is 32.2. The Morgan fingerprint density at radius 3 is 2.39 bits per heavy atom. The first-order chi connectivity index (χ1) is 16.0. The molecule has 0 amide bonds. The number of hydrogen-bond acceptors (Lipinski definition) is 10. The van der Waals surface area contributed by atoms with Gasteiger partial charge in [0.15, 0.2) is 10.8 Å². The van der Waals surface area contributed by atoms with Crippen LogP contribution in [-0.4, -0.2) is 49.2 Å². The Labute approximate surface area is 200 Å². The van der Waals surface area contributed by atoms with E-state index in [1.165, 1.54) is 23.3 Å². The normalized spacial score (nSPS) is 11.9. The fourth-order valence-electron chi connectivity index (χ4n) is 3.19. The van der Waals surface area contributed by atoms with Gasteiger partial charge in [-0.05, 0) is 43.5 Å². The largest absolute Gasteiger partial charge is 0.494 e. The van der Waals surface area contributed by atoms with Gasteiger partial charge in [0.2, 0.25) is 5.95 Å². The number of thiazole rings is 1. The van der Waals surface area contributed by atoms with E-state index in [4.69, 9.17) is 9.47 Å². The van der Waals surface area contributed by atoms with E-state index >= 15 is 0 Å². The van der Waals surface area contributed by atoms with Gasteiger partial charge in [0.05, 0.1) is 14.2 Å². The number of nitrogens with one attached hydrogen (secondary N) is 1. The number of aryl methyl sites for hydroxylation is 2. The first kappa shape index (κ1) is 23.0. The van der Waals surface area contributed by atoms with E-state index in [1.807, 2.05) is 54.4 Å². The highest BCUT2D eigenvalue weighted by Gasteiger charge is 2.24. The summed E-state index contributed by atoms with van der Waals surface area (Å²) in [4.78, 5) is 13.4. The molecule has 9 nitrogen and oxygen atoms in total. The first-order valence-corrected chi connectivity index (χ1v) is 12.0. The van der Waals surface area contributed by atoms with Crippen LogP contribution in [0.25, 0.3) is 16.5 Å². The Kier molecular flexibility index (Phi) is 7.09. The molecule has 0 unspecified atom stereocenters. The van der Waals surface area contributed by atoms with Crippen LogP contribution in [0.3, 0.4) is 0 Å². The second-order valence-corrected chi connectivity index (χ2v) is 9.50. The van der Waals surface area contributed by atoms with Gasteiger partial charge in [0.1, 0.15) is 23.0 Å². The molecule has 172 valence electrons. The molecule has 0 saturated carbocycles. The minimum absolute atomic E-state index is 0.183. The van der Waals surface area contributed by atoms with Crippen molar-refractivity contribution < 1.29 is 9.47 Å². The number of rotatable bonds is 9. The molecule has 0 aliphatic heterocycles. The lowest BCUT2D eigenvalue weighted by Gasteiger charge is -2.17. The van der Waals surface area contributed by atoms with E-state index in [0.29, 0.717) is 35.4 Å². The number of para-hydroxylation sites is 1. The van der Waals surface area contributed by atoms with Crippen molar-refractivity contribution in [1.82, 2.24) is 29.7 Å². The van der Waals surface area contributed by atoms with E-state index in [2.05, 4.69) is 36.8 Å². The number of hydrogen-bond donors (Lipinski definition) is 1. The highest BCUT2D eigenvalue weighted by Crippen LogP contribution is 2.38. The summed E-state index contributed by atoms with van der Waals surface area (Å²) in [6.45, 7) is 6.04. The van der Waals surface area contributed by atoms with Crippen LogP contribution in [0, 0.1) is 13.8 Å². The van der Waals surface area contributed by atoms with Crippen LogP contribution in [0.5, 0.6) is 11.5 Å². The average molecular weight is 484 g/mol. The molecule has 0 aliphatic carbocycles. The van der Waals surface area contributed by atoms with Crippen molar-refractivity contribution in [3.05, 3.63) is 53.1 Å². The maximum Gasteiger partial charge on any atom is 0.239 e. The summed E-state index contributed by atoms with van der Waals surface area (Å²) in [7, 11) is 3.25. The number of benzene rings is 1. The van der Waals surface area contributed by atoms with Gasteiger partial charge in [-0.25, -0.2) is 15.0 Å². The van der Waals surface area contributed by atoms with Crippen LogP contribution in [0.2, 0.25) is 0 Å². The molecule has 3 heterocycles. The van der Waals surface area contributed by atoms with Crippen molar-refractivity contribution in [3.8, 4) is 28.0 Å². The van der Waals surface area contributed by atoms with Crippen molar-refractivity contribution in [1.29, 1.82) is 0 Å². The molecule has 4 aromatic rings. The highest BCUT2D eigenvalue weighted by molar-refractivity contribution is 8.01. The number of anilines is 1. The Morgan fingerprint density at radius 2 is 1.79 bits per heavy atom. The molecule has 4 rings (SSSR count). The predicted molar refractivity (Wildman–Crippen MR) is 131 cm³/mol. The summed E-state index contributed by atoms with van der Waals surface area (Å²) in [5, 5.41) is 11.8. The lowest BCUT2D eigenvalue weighted by atomic mass is 10.2. The molecule has 0 spiro atoms. The van der Waals surface area contributed by atoms with Gasteiger partial charge in [-0.3, -0.25) is 9.29 Å². The van der Waals surface area contributed by atoms with Gasteiger partial charge in [-0.2, -0.15) is 0 Å². The van der Waals surface area contributed by atoms with E-state index < -0.39 is 0 Å². The summed E-state index contributed by atoms with van der Waals surface area (Å²) in [5.41, 5.74) is 2.67. The molecule has 1 atom stereocenters. The standard InChI is InChI=1S/C22H25N7O2S2/c1-13-10-23-18(24-11-13)9-15(3)33-28-22-27-26-20(21-25-14(2)12-32-21)29(22)19-16(30-4)7-6-8-17(19)31-5/h6-8,10-12,15H,9H2,1-5H3,(H,27,28)/t15-/m0/s1. The zero-order valence-corrected chi connectivity index (χ0v) is 20.7. The van der Waals surface area contributed by atoms with Gasteiger partial charge in [0.25, 0.3) is 0 Å². The van der Waals surface area contributed by atoms with Crippen LogP contribution in [0.4, 0.5) is 5.95 Å². The zero-order chi connectivity index (χ0) is 23.4. The SMILES string of the molecule is COc1cccc(OC)c1-n1c(NS[C@@H](C)Cc2ncc(C)cn2)nnc1-c1nc(C)cs1. The second kappa shape index (κ2) is 10.2. The summed E-state index contributed by atoms with van der Waals surface area (Å²) >= 11 is 3.04. The number of ether oxygens (including phenoxy) is 2. The van der Waals surface area contributed by atoms with Crippen molar-refractivity contribution in [2.45, 2.75) is 32.4 Å². The monoisotopic (exact) mass is 483 g/mol. The molecule has 0 saturated heterocycles. The van der Waals surface area contributed by atoms with E-state index in [9.17, 15) is 0 Å². The second-order valence-electron chi connectivity index (χ2n) is 7.40. The number of methoxy groups -OCH3 is 2. The van der Waals surface area contributed by atoms with E-state index in [-0.39, 0.29) is 5.25 Å². The smallest absolute Gasteiger partial charge is 0.239 e. The number of nitrogens with zero attached hydrogens (tertiary/aromatic N) is 6. The summed E-state index contributed by atoms with van der Waals surface area (Å²) in [5.74, 6) is 3.22. The van der Waals surface area contributed by atoms with E-state index in [0.717, 1.165) is 22.1 Å². The molecular weight excluding hydrogens is 458 g/mol. The van der Waals surface area contributed by atoms with Crippen LogP contribution < -0.4 is 14.2 Å². The van der Waals surface area contributed by atoms with E-state index in [1.54, 1.807) is 14.2 Å². The molecule has 0 fully saturated rings. The molecule has 1 N–H and O–H groups in total. The lowest BCUT2D eigenvalue weighted by Crippen LogP contribution is -2.11. The first-order valence-electron chi connectivity index (χ1n) is 10.3. The average Bonchev–Trinajstić information content (AvgIpc) is 3.44. The Morgan fingerprint density at radius 1 is 1.09 bits per heavy atom. The van der Waals surface area contributed by atoms with Crippen molar-refractivity contribution in [2.24, 2.45) is 0 Å². The fourth-order valence-corrected chi connectivity index (χ4v) is 4.63. The van der Waals surface area contributed by atoms with Crippen LogP contribution in [0.15, 0.2) is 36.0 Å². The predicted octanol–water partition coefficient (Wildman–Crippen LogP) is 4.51. The maximum atomic E-state index is 5.65. The Balaban J connectivity index is 1.68. The third kappa shape index (κ3) is 5.09. The van der Waals surface area contributed by atoms with Gasteiger partial charge < -0.3 is 9.47 Å². The molecule has 0 bridgehead atoms. The lowest BCUT2D eigenvalue weighted by molar-refractivity contribution is 0.391. The quantitative estimate of drug-likeness (QED) is 0.345. The minimum atomic E-state index is 0.183. The van der Waals surface area contributed by atoms with Gasteiger partial charge >= 0.3 is 0 Å². The molecule has 11 heteroatoms. The topological polar surface area (TPSA) is 99.9 Å². The maximum absolute atomic E-state index is 5.65. The van der Waals surface area contributed by atoms with Crippen LogP contribution >= 0.6 is 23.3 Å². The third-order valence-corrected chi connectivity index (χ3v) is 6.58. The summed E-state index contributed by atoms with van der Waals surface area (Å²) in [6, 6.07) is 5.64. The van der Waals surface area contributed by atoms with Gasteiger partial charge in [-0.15, -0.1) is 21.5 Å². The zero-order valence-electron chi connectivity index (χ0n) is 19.1. The van der Waals surface area contributed by atoms with Crippen LogP contribution in [-0.2, 0) is 6.42 Å². The Hall–Kier alpha value is -3.18. The molecular formula is C22H25N7O2S2. The summed E-state index contributed by atoms with van der Waals surface area (Å²) in [6.07, 6.45) is 4.38. The summed E-state index contributed by atoms with van der Waals surface area (Å²) < 4.78 is 16.6. The van der Waals surface area contributed by atoms with Crippen molar-refractivity contribution >= 4 is 29.2 Å².